The topological polar surface area (TPSA) is 57.0 Å². The summed E-state index contributed by atoms with van der Waals surface area (Å²) < 4.78 is 7.52. The van der Waals surface area contributed by atoms with Gasteiger partial charge >= 0.3 is 5.97 Å². The Balaban J connectivity index is 1.87. The van der Waals surface area contributed by atoms with E-state index in [9.17, 15) is 4.79 Å². The van der Waals surface area contributed by atoms with Gasteiger partial charge in [0.2, 0.25) is 0 Å². The number of benzene rings is 1. The second-order valence-corrected chi connectivity index (χ2v) is 7.10. The van der Waals surface area contributed by atoms with Crippen LogP contribution in [0.2, 0.25) is 5.15 Å². The van der Waals surface area contributed by atoms with Crippen molar-refractivity contribution in [2.75, 3.05) is 0 Å². The first-order valence-corrected chi connectivity index (χ1v) is 9.33. The summed E-state index contributed by atoms with van der Waals surface area (Å²) in [6, 6.07) is 9.68. The number of hydrogen-bond acceptors (Lipinski definition) is 4. The largest absolute Gasteiger partial charge is 0.454 e. The number of halogens is 1. The lowest BCUT2D eigenvalue weighted by Crippen LogP contribution is -2.37. The molecule has 0 saturated heterocycles. The van der Waals surface area contributed by atoms with Crippen LogP contribution in [0.25, 0.3) is 0 Å². The van der Waals surface area contributed by atoms with Crippen molar-refractivity contribution in [1.82, 2.24) is 15.0 Å². The molecule has 0 spiro atoms. The molecule has 0 amide bonds. The highest BCUT2D eigenvalue weighted by Crippen LogP contribution is 2.35. The van der Waals surface area contributed by atoms with E-state index < -0.39 is 5.97 Å². The van der Waals surface area contributed by atoms with Gasteiger partial charge < -0.3 is 4.74 Å². The monoisotopic (exact) mass is 361 g/mol. The molecule has 134 valence electrons. The highest BCUT2D eigenvalue weighted by atomic mass is 35.5. The molecule has 2 aromatic rings. The summed E-state index contributed by atoms with van der Waals surface area (Å²) in [4.78, 5) is 12.9. The lowest BCUT2D eigenvalue weighted by Gasteiger charge is -2.36. The van der Waals surface area contributed by atoms with Crippen LogP contribution in [0.15, 0.2) is 30.3 Å². The first-order chi connectivity index (χ1) is 12.1. The third-order valence-electron chi connectivity index (χ3n) is 5.21. The van der Waals surface area contributed by atoms with E-state index in [0.29, 0.717) is 0 Å². The van der Waals surface area contributed by atoms with E-state index in [1.807, 2.05) is 37.3 Å². The fourth-order valence-corrected chi connectivity index (χ4v) is 3.76. The second-order valence-electron chi connectivity index (χ2n) is 6.75. The zero-order chi connectivity index (χ0) is 17.9. The van der Waals surface area contributed by atoms with Crippen LogP contribution in [0.3, 0.4) is 0 Å². The Hall–Kier alpha value is -1.88. The maximum atomic E-state index is 12.9. The molecule has 1 heterocycles. The number of carbonyl (C=O) groups excluding carboxylic acids is 1. The van der Waals surface area contributed by atoms with Gasteiger partial charge in [0.05, 0.1) is 6.04 Å². The fraction of sp³-hybridized carbons (Fsp3) is 0.526. The minimum atomic E-state index is -0.429. The minimum Gasteiger partial charge on any atom is -0.454 e. The van der Waals surface area contributed by atoms with Gasteiger partial charge in [-0.15, -0.1) is 5.10 Å². The van der Waals surface area contributed by atoms with E-state index in [1.165, 1.54) is 6.42 Å². The lowest BCUT2D eigenvalue weighted by molar-refractivity contribution is -0.0408. The maximum Gasteiger partial charge on any atom is 0.360 e. The van der Waals surface area contributed by atoms with Gasteiger partial charge in [-0.25, -0.2) is 9.48 Å². The molecule has 0 N–H and O–H groups in total. The van der Waals surface area contributed by atoms with Crippen molar-refractivity contribution in [1.29, 1.82) is 0 Å². The van der Waals surface area contributed by atoms with Crippen molar-refractivity contribution >= 4 is 17.6 Å². The molecule has 0 radical (unpaired) electrons. The average Bonchev–Trinajstić information content (AvgIpc) is 3.04. The molecule has 0 aliphatic heterocycles. The first-order valence-electron chi connectivity index (χ1n) is 8.95. The number of ether oxygens (including phenoxy) is 1. The predicted molar refractivity (Wildman–Crippen MR) is 96.8 cm³/mol. The number of hydrogen-bond donors (Lipinski definition) is 0. The van der Waals surface area contributed by atoms with E-state index in [-0.39, 0.29) is 22.5 Å². The molecule has 3 rings (SSSR count). The van der Waals surface area contributed by atoms with Crippen LogP contribution < -0.4 is 0 Å². The Morgan fingerprint density at radius 1 is 1.28 bits per heavy atom. The van der Waals surface area contributed by atoms with Gasteiger partial charge in [0, 0.05) is 0 Å². The van der Waals surface area contributed by atoms with Crippen molar-refractivity contribution in [2.45, 2.75) is 64.0 Å². The standard InChI is InChI=1S/C19H24ClN3O2/c1-3-19(12-8-5-9-13-19)25-18(24)16-17(20)21-22-23(16)14(2)15-10-6-4-7-11-15/h4,6-7,10-11,14H,3,5,8-9,12-13H2,1-2H3/t14-/m1/s1. The third-order valence-corrected chi connectivity index (χ3v) is 5.47. The average molecular weight is 362 g/mol. The minimum absolute atomic E-state index is 0.0924. The van der Waals surface area contributed by atoms with Crippen molar-refractivity contribution in [3.05, 3.63) is 46.7 Å². The Morgan fingerprint density at radius 3 is 2.60 bits per heavy atom. The van der Waals surface area contributed by atoms with Crippen LogP contribution in [0, 0.1) is 0 Å². The highest BCUT2D eigenvalue weighted by molar-refractivity contribution is 6.32. The highest BCUT2D eigenvalue weighted by Gasteiger charge is 2.36. The Morgan fingerprint density at radius 2 is 1.96 bits per heavy atom. The summed E-state index contributed by atoms with van der Waals surface area (Å²) in [5.41, 5.74) is 0.876. The van der Waals surface area contributed by atoms with Gasteiger partial charge in [0.1, 0.15) is 5.60 Å². The summed E-state index contributed by atoms with van der Waals surface area (Å²) in [5, 5.41) is 8.08. The Labute approximate surface area is 153 Å². The van der Waals surface area contributed by atoms with Crippen molar-refractivity contribution < 1.29 is 9.53 Å². The van der Waals surface area contributed by atoms with Crippen LogP contribution in [0.1, 0.15) is 74.5 Å². The summed E-state index contributed by atoms with van der Waals surface area (Å²) >= 11 is 6.18. The number of carbonyl (C=O) groups is 1. The second kappa shape index (κ2) is 7.56. The zero-order valence-corrected chi connectivity index (χ0v) is 15.5. The summed E-state index contributed by atoms with van der Waals surface area (Å²) in [5.74, 6) is -0.429. The number of nitrogens with zero attached hydrogens (tertiary/aromatic N) is 3. The van der Waals surface area contributed by atoms with Gasteiger partial charge in [0.15, 0.2) is 10.8 Å². The number of esters is 1. The lowest BCUT2D eigenvalue weighted by atomic mass is 9.83. The molecule has 1 aliphatic rings. The van der Waals surface area contributed by atoms with Crippen molar-refractivity contribution in [3.8, 4) is 0 Å². The molecule has 1 fully saturated rings. The van der Waals surface area contributed by atoms with Crippen molar-refractivity contribution in [3.63, 3.8) is 0 Å². The summed E-state index contributed by atoms with van der Waals surface area (Å²) in [6.45, 7) is 4.04. The Kier molecular flexibility index (Phi) is 5.42. The molecule has 0 unspecified atom stereocenters. The van der Waals surface area contributed by atoms with Gasteiger partial charge in [-0.1, -0.05) is 60.5 Å². The van der Waals surface area contributed by atoms with Crippen molar-refractivity contribution in [2.24, 2.45) is 0 Å². The fourth-order valence-electron chi connectivity index (χ4n) is 3.56. The Bertz CT molecular complexity index is 724. The van der Waals surface area contributed by atoms with E-state index in [4.69, 9.17) is 16.3 Å². The molecule has 0 bridgehead atoms. The molecule has 1 atom stereocenters. The quantitative estimate of drug-likeness (QED) is 0.717. The molecule has 5 nitrogen and oxygen atoms in total. The van der Waals surface area contributed by atoms with Gasteiger partial charge in [-0.2, -0.15) is 0 Å². The smallest absolute Gasteiger partial charge is 0.360 e. The first kappa shape index (κ1) is 17.9. The SMILES string of the molecule is CCC1(OC(=O)c2c(Cl)nnn2[C@H](C)c2ccccc2)CCCCC1. The normalized spacial score (nSPS) is 17.9. The molecule has 6 heteroatoms. The van der Waals surface area contributed by atoms with E-state index in [0.717, 1.165) is 37.7 Å². The van der Waals surface area contributed by atoms with Gasteiger partial charge in [-0.3, -0.25) is 0 Å². The van der Waals surface area contributed by atoms with Crippen LogP contribution in [0.4, 0.5) is 0 Å². The zero-order valence-electron chi connectivity index (χ0n) is 14.7. The van der Waals surface area contributed by atoms with Gasteiger partial charge in [0.25, 0.3) is 0 Å². The summed E-state index contributed by atoms with van der Waals surface area (Å²) in [7, 11) is 0. The molecule has 1 aromatic carbocycles. The summed E-state index contributed by atoms with van der Waals surface area (Å²) in [6.07, 6.45) is 6.00. The molecular formula is C19H24ClN3O2. The van der Waals surface area contributed by atoms with Crippen LogP contribution in [-0.4, -0.2) is 26.6 Å². The van der Waals surface area contributed by atoms with Crippen LogP contribution >= 0.6 is 11.6 Å². The molecule has 1 aliphatic carbocycles. The van der Waals surface area contributed by atoms with Gasteiger partial charge in [-0.05, 0) is 44.6 Å². The van der Waals surface area contributed by atoms with E-state index in [2.05, 4.69) is 17.2 Å². The van der Waals surface area contributed by atoms with E-state index >= 15 is 0 Å². The van der Waals surface area contributed by atoms with E-state index in [1.54, 1.807) is 4.68 Å². The molecule has 1 saturated carbocycles. The molecule has 1 aromatic heterocycles. The van der Waals surface area contributed by atoms with Crippen LogP contribution in [-0.2, 0) is 4.74 Å². The third kappa shape index (κ3) is 3.71. The number of rotatable bonds is 5. The molecular weight excluding hydrogens is 338 g/mol. The van der Waals surface area contributed by atoms with Crippen LogP contribution in [0.5, 0.6) is 0 Å². The number of aromatic nitrogens is 3. The predicted octanol–water partition coefficient (Wildman–Crippen LogP) is 4.81. The maximum absolute atomic E-state index is 12.9. The molecule has 25 heavy (non-hydrogen) atoms.